The minimum absolute atomic E-state index is 0. The van der Waals surface area contributed by atoms with E-state index in [4.69, 9.17) is 0 Å². The molecule has 0 nitrogen and oxygen atoms in total. The van der Waals surface area contributed by atoms with Crippen molar-refractivity contribution in [2.45, 2.75) is 6.16 Å². The second-order valence-electron chi connectivity index (χ2n) is 9.20. The summed E-state index contributed by atoms with van der Waals surface area (Å²) in [5, 5.41) is 6.84. The van der Waals surface area contributed by atoms with Crippen LogP contribution in [0, 0.1) is 0 Å². The molecule has 0 aromatic heterocycles. The smallest absolute Gasteiger partial charge is 0.116 e. The Morgan fingerprint density at radius 3 is 1.43 bits per heavy atom. The molecule has 0 saturated carbocycles. The van der Waals surface area contributed by atoms with Gasteiger partial charge in [0.1, 0.15) is 23.2 Å². The van der Waals surface area contributed by atoms with E-state index >= 15 is 0 Å². The first-order valence-electron chi connectivity index (χ1n) is 12.5. The van der Waals surface area contributed by atoms with Crippen LogP contribution in [0.25, 0.3) is 21.9 Å². The molecule has 180 valence electrons. The molecule has 0 atom stereocenters. The molecule has 0 fully saturated rings. The number of benzene rings is 6. The third-order valence-corrected chi connectivity index (χ3v) is 11.4. The Morgan fingerprint density at radius 2 is 0.919 bits per heavy atom. The normalized spacial score (nSPS) is 11.1. The lowest BCUT2D eigenvalue weighted by atomic mass is 9.97. The lowest BCUT2D eigenvalue weighted by molar-refractivity contribution is -0.00000683. The zero-order valence-corrected chi connectivity index (χ0v) is 23.0. The summed E-state index contributed by atoms with van der Waals surface area (Å²) in [4.78, 5) is 0. The molecule has 37 heavy (non-hydrogen) atoms. The second-order valence-corrected chi connectivity index (χ2v) is 12.7. The van der Waals surface area contributed by atoms with E-state index in [0.717, 1.165) is 6.16 Å². The van der Waals surface area contributed by atoms with E-state index in [1.54, 1.807) is 0 Å². The van der Waals surface area contributed by atoms with Crippen molar-refractivity contribution >= 4 is 33.9 Å². The van der Waals surface area contributed by atoms with Gasteiger partial charge in [-0.15, -0.1) is 0 Å². The lowest BCUT2D eigenvalue weighted by Crippen LogP contribution is -3.00. The van der Waals surface area contributed by atoms with Crippen molar-refractivity contribution in [2.24, 2.45) is 0 Å². The Hall–Kier alpha value is -3.51. The Bertz CT molecular complexity index is 1480. The van der Waals surface area contributed by atoms with Gasteiger partial charge in [-0.3, -0.25) is 0 Å². The molecule has 0 radical (unpaired) electrons. The van der Waals surface area contributed by atoms with Crippen molar-refractivity contribution in [3.05, 3.63) is 163 Å². The Balaban J connectivity index is 0.00000280. The van der Waals surface area contributed by atoms with E-state index in [0.29, 0.717) is 0 Å². The van der Waals surface area contributed by atoms with Gasteiger partial charge >= 0.3 is 0 Å². The standard InChI is InChI=1S/C35H28P.BrH/c1-5-14-29(15-6-1)34-23-13-16-30-25-24-28(26-35(30)34)27-36(31-17-7-2-8-18-31,32-19-9-3-10-20-32)33-21-11-4-12-22-33;/h1-26H,27H2;1H/q+1;/p-1. The average Bonchev–Trinajstić information content (AvgIpc) is 2.97. The summed E-state index contributed by atoms with van der Waals surface area (Å²) >= 11 is 0. The summed E-state index contributed by atoms with van der Waals surface area (Å²) in [6.07, 6.45) is 0.976. The number of halogens is 1. The van der Waals surface area contributed by atoms with Crippen LogP contribution in [0.1, 0.15) is 5.56 Å². The van der Waals surface area contributed by atoms with Crippen molar-refractivity contribution < 1.29 is 17.0 Å². The van der Waals surface area contributed by atoms with E-state index in [2.05, 4.69) is 158 Å². The highest BCUT2D eigenvalue weighted by Crippen LogP contribution is 2.58. The maximum atomic E-state index is 2.43. The first kappa shape index (κ1) is 25.2. The van der Waals surface area contributed by atoms with Gasteiger partial charge in [0.25, 0.3) is 0 Å². The van der Waals surface area contributed by atoms with Crippen molar-refractivity contribution in [3.8, 4) is 11.1 Å². The van der Waals surface area contributed by atoms with Gasteiger partial charge in [-0.05, 0) is 69.9 Å². The Morgan fingerprint density at radius 1 is 0.432 bits per heavy atom. The molecule has 6 aromatic rings. The van der Waals surface area contributed by atoms with E-state index in [-0.39, 0.29) is 17.0 Å². The highest BCUT2D eigenvalue weighted by atomic mass is 79.9. The minimum Gasteiger partial charge on any atom is -1.00 e. The predicted molar refractivity (Wildman–Crippen MR) is 158 cm³/mol. The molecule has 0 unspecified atom stereocenters. The minimum atomic E-state index is -1.94. The van der Waals surface area contributed by atoms with Gasteiger partial charge in [-0.1, -0.05) is 115 Å². The fourth-order valence-corrected chi connectivity index (χ4v) is 9.56. The van der Waals surface area contributed by atoms with Gasteiger partial charge in [-0.25, -0.2) is 0 Å². The van der Waals surface area contributed by atoms with Crippen molar-refractivity contribution in [2.75, 3.05) is 0 Å². The van der Waals surface area contributed by atoms with E-state index in [1.807, 2.05) is 0 Å². The van der Waals surface area contributed by atoms with Crippen LogP contribution in [0.3, 0.4) is 0 Å². The van der Waals surface area contributed by atoms with Crippen LogP contribution < -0.4 is 32.9 Å². The summed E-state index contributed by atoms with van der Waals surface area (Å²) in [6, 6.07) is 57.8. The summed E-state index contributed by atoms with van der Waals surface area (Å²) in [6.45, 7) is 0. The lowest BCUT2D eigenvalue weighted by Gasteiger charge is -2.28. The molecular weight excluding hydrogens is 531 g/mol. The fraction of sp³-hybridized carbons (Fsp3) is 0.0286. The molecule has 0 heterocycles. The largest absolute Gasteiger partial charge is 1.00 e. The summed E-state index contributed by atoms with van der Waals surface area (Å²) in [5.41, 5.74) is 3.92. The second kappa shape index (κ2) is 11.3. The molecule has 0 N–H and O–H groups in total. The van der Waals surface area contributed by atoms with Crippen LogP contribution in [0.4, 0.5) is 0 Å². The molecule has 0 amide bonds. The van der Waals surface area contributed by atoms with Crippen LogP contribution in [0.2, 0.25) is 0 Å². The zero-order chi connectivity index (χ0) is 24.2. The number of hydrogen-bond acceptors (Lipinski definition) is 0. The van der Waals surface area contributed by atoms with Gasteiger partial charge < -0.3 is 17.0 Å². The van der Waals surface area contributed by atoms with Gasteiger partial charge in [-0.2, -0.15) is 0 Å². The maximum Gasteiger partial charge on any atom is 0.116 e. The highest BCUT2D eigenvalue weighted by Gasteiger charge is 2.45. The van der Waals surface area contributed by atoms with Crippen LogP contribution in [-0.4, -0.2) is 0 Å². The van der Waals surface area contributed by atoms with Crippen molar-refractivity contribution in [1.82, 2.24) is 0 Å². The summed E-state index contributed by atoms with van der Waals surface area (Å²) < 4.78 is 0. The molecule has 0 bridgehead atoms. The van der Waals surface area contributed by atoms with Gasteiger partial charge in [0, 0.05) is 0 Å². The topological polar surface area (TPSA) is 0 Å². The van der Waals surface area contributed by atoms with Gasteiger partial charge in [0.2, 0.25) is 0 Å². The molecule has 0 saturated heterocycles. The Labute approximate surface area is 230 Å². The first-order chi connectivity index (χ1) is 17.8. The van der Waals surface area contributed by atoms with Gasteiger partial charge in [0.05, 0.1) is 6.16 Å². The maximum absolute atomic E-state index is 2.43. The third-order valence-electron chi connectivity index (χ3n) is 7.04. The molecule has 2 heteroatoms. The molecule has 6 rings (SSSR count). The molecule has 0 aliphatic rings. The quantitative estimate of drug-likeness (QED) is 0.252. The molecule has 6 aromatic carbocycles. The summed E-state index contributed by atoms with van der Waals surface area (Å²) in [5.74, 6) is 0. The van der Waals surface area contributed by atoms with Crippen molar-refractivity contribution in [3.63, 3.8) is 0 Å². The SMILES string of the molecule is [Br-].c1ccc(-c2cccc3ccc(C[P+](c4ccccc4)(c4ccccc4)c4ccccc4)cc23)cc1. The number of hydrogen-bond donors (Lipinski definition) is 0. The van der Waals surface area contributed by atoms with Crippen LogP contribution >= 0.6 is 7.26 Å². The zero-order valence-electron chi connectivity index (χ0n) is 20.5. The molecule has 0 spiro atoms. The predicted octanol–water partition coefficient (Wildman–Crippen LogP) is 5.00. The fourth-order valence-electron chi connectivity index (χ4n) is 5.33. The highest BCUT2D eigenvalue weighted by molar-refractivity contribution is 7.95. The average molecular weight is 559 g/mol. The van der Waals surface area contributed by atoms with Crippen molar-refractivity contribution in [1.29, 1.82) is 0 Å². The van der Waals surface area contributed by atoms with Crippen LogP contribution in [-0.2, 0) is 6.16 Å². The summed E-state index contributed by atoms with van der Waals surface area (Å²) in [7, 11) is -1.94. The molecule has 0 aliphatic heterocycles. The van der Waals surface area contributed by atoms with E-state index in [9.17, 15) is 0 Å². The van der Waals surface area contributed by atoms with E-state index in [1.165, 1.54) is 43.4 Å². The molecule has 0 aliphatic carbocycles. The van der Waals surface area contributed by atoms with E-state index < -0.39 is 7.26 Å². The Kier molecular flexibility index (Phi) is 7.65. The van der Waals surface area contributed by atoms with Gasteiger partial charge in [0.15, 0.2) is 0 Å². The third kappa shape index (κ3) is 4.90. The van der Waals surface area contributed by atoms with Crippen LogP contribution in [0.15, 0.2) is 158 Å². The monoisotopic (exact) mass is 558 g/mol. The number of fused-ring (bicyclic) bond motifs is 1. The molecular formula is C35H28BrP. The first-order valence-corrected chi connectivity index (χ1v) is 14.4. The van der Waals surface area contributed by atoms with Crippen LogP contribution in [0.5, 0.6) is 0 Å². The number of rotatable bonds is 6.